The van der Waals surface area contributed by atoms with Crippen molar-refractivity contribution in [3.63, 3.8) is 0 Å². The molecule has 1 atom stereocenters. The summed E-state index contributed by atoms with van der Waals surface area (Å²) in [5.41, 5.74) is 0.960. The molecule has 12 heteroatoms. The molecule has 3 rings (SSSR count). The molecule has 0 saturated carbocycles. The van der Waals surface area contributed by atoms with Gasteiger partial charge in [0.05, 0.1) is 18.8 Å². The highest BCUT2D eigenvalue weighted by Gasteiger charge is 2.47. The summed E-state index contributed by atoms with van der Waals surface area (Å²) in [4.78, 5) is 38.3. The third-order valence-corrected chi connectivity index (χ3v) is 8.53. The topological polar surface area (TPSA) is 187 Å². The Balaban J connectivity index is 0.00000551. The predicted molar refractivity (Wildman–Crippen MR) is 220 cm³/mol. The van der Waals surface area contributed by atoms with Gasteiger partial charge in [-0.2, -0.15) is 5.26 Å². The fourth-order valence-electron chi connectivity index (χ4n) is 5.60. The van der Waals surface area contributed by atoms with E-state index in [9.17, 15) is 35.0 Å². The summed E-state index contributed by atoms with van der Waals surface area (Å²) in [6.45, 7) is 9.96. The number of hydrogen-bond acceptors (Lipinski definition) is 10. The zero-order valence-corrected chi connectivity index (χ0v) is 33.1. The van der Waals surface area contributed by atoms with Gasteiger partial charge in [0.1, 0.15) is 29.1 Å². The van der Waals surface area contributed by atoms with Gasteiger partial charge in [0.25, 0.3) is 5.91 Å². The first-order valence-electron chi connectivity index (χ1n) is 18.7. The molecule has 57 heavy (non-hydrogen) atoms. The van der Waals surface area contributed by atoms with Crippen LogP contribution in [0.5, 0.6) is 5.75 Å². The molecule has 302 valence electrons. The Bertz CT molecular complexity index is 1940. The van der Waals surface area contributed by atoms with E-state index in [4.69, 9.17) is 20.6 Å². The fraction of sp³-hybridized carbons (Fsp3) is 0.333. The normalized spacial score (nSPS) is 15.5. The van der Waals surface area contributed by atoms with Crippen molar-refractivity contribution in [1.29, 1.82) is 5.26 Å². The summed E-state index contributed by atoms with van der Waals surface area (Å²) in [6.07, 6.45) is 17.1. The molecule has 0 radical (unpaired) electrons. The lowest BCUT2D eigenvalue weighted by atomic mass is 9.81. The monoisotopic (exact) mass is 779 g/mol. The van der Waals surface area contributed by atoms with Gasteiger partial charge in [-0.1, -0.05) is 44.7 Å². The summed E-state index contributed by atoms with van der Waals surface area (Å²) < 4.78 is 17.3. The Hall–Kier alpha value is -6.50. The maximum Gasteiger partial charge on any atom is 0.339 e. The Morgan fingerprint density at radius 3 is 2.42 bits per heavy atom. The fourth-order valence-corrected chi connectivity index (χ4v) is 5.60. The number of methoxy groups -OCH3 is 1. The molecule has 2 aromatic rings. The number of aliphatic hydroxyl groups is 3. The number of ether oxygens (including phenoxy) is 3. The smallest absolute Gasteiger partial charge is 0.339 e. The van der Waals surface area contributed by atoms with E-state index in [1.54, 1.807) is 61.5 Å². The van der Waals surface area contributed by atoms with E-state index in [1.807, 2.05) is 19.9 Å². The molecule has 0 bridgehead atoms. The summed E-state index contributed by atoms with van der Waals surface area (Å²) >= 11 is 0. The third-order valence-electron chi connectivity index (χ3n) is 8.53. The van der Waals surface area contributed by atoms with Crippen LogP contribution >= 0.6 is 0 Å². The number of amides is 2. The van der Waals surface area contributed by atoms with Crippen molar-refractivity contribution in [2.45, 2.75) is 77.9 Å². The van der Waals surface area contributed by atoms with Crippen LogP contribution in [0.3, 0.4) is 0 Å². The molecule has 1 aliphatic rings. The van der Waals surface area contributed by atoms with Crippen LogP contribution in [-0.4, -0.2) is 53.4 Å². The molecule has 12 nitrogen and oxygen atoms in total. The summed E-state index contributed by atoms with van der Waals surface area (Å²) in [5.74, 6) is 1.12. The van der Waals surface area contributed by atoms with Gasteiger partial charge in [0.15, 0.2) is 11.2 Å². The van der Waals surface area contributed by atoms with Gasteiger partial charge >= 0.3 is 5.97 Å². The first-order valence-corrected chi connectivity index (χ1v) is 18.7. The summed E-state index contributed by atoms with van der Waals surface area (Å²) in [5, 5.41) is 44.6. The maximum absolute atomic E-state index is 13.3. The van der Waals surface area contributed by atoms with Crippen LogP contribution in [0.15, 0.2) is 114 Å². The molecule has 0 aliphatic carbocycles. The number of anilines is 1. The van der Waals surface area contributed by atoms with Crippen molar-refractivity contribution < 1.29 is 43.9 Å². The molecule has 2 amide bonds. The van der Waals surface area contributed by atoms with Gasteiger partial charge in [-0.25, -0.2) is 4.79 Å². The number of esters is 1. The highest BCUT2D eigenvalue weighted by Crippen LogP contribution is 2.45. The van der Waals surface area contributed by atoms with Gasteiger partial charge in [-0.3, -0.25) is 9.59 Å². The Morgan fingerprint density at radius 2 is 1.77 bits per heavy atom. The number of unbranched alkanes of at least 4 members (excludes halogenated alkanes) is 2. The lowest BCUT2D eigenvalue weighted by molar-refractivity contribution is -0.121. The lowest BCUT2D eigenvalue weighted by Crippen LogP contribution is -2.31. The molecule has 1 heterocycles. The molecular weight excluding hydrogens is 727 g/mol. The molecule has 0 fully saturated rings. The number of allylic oxidation sites excluding steroid dienone is 6. The minimum absolute atomic E-state index is 0.0322. The molecule has 2 aromatic carbocycles. The van der Waals surface area contributed by atoms with E-state index in [0.29, 0.717) is 59.6 Å². The minimum Gasteiger partial charge on any atom is -0.511 e. The van der Waals surface area contributed by atoms with E-state index < -0.39 is 23.1 Å². The average Bonchev–Trinajstić information content (AvgIpc) is 3.50. The Kier molecular flexibility index (Phi) is 20.3. The van der Waals surface area contributed by atoms with E-state index in [1.165, 1.54) is 31.4 Å². The second-order valence-electron chi connectivity index (χ2n) is 12.4. The van der Waals surface area contributed by atoms with Gasteiger partial charge in [-0.05, 0) is 86.4 Å². The summed E-state index contributed by atoms with van der Waals surface area (Å²) in [6, 6.07) is 13.6. The second-order valence-corrected chi connectivity index (χ2v) is 12.4. The predicted octanol–water partition coefficient (Wildman–Crippen LogP) is 8.63. The first kappa shape index (κ1) is 46.7. The molecule has 1 aliphatic heterocycles. The molecule has 0 spiro atoms. The number of nitrogens with zero attached hydrogens (tertiary/aromatic N) is 1. The highest BCUT2D eigenvalue weighted by atomic mass is 16.6. The van der Waals surface area contributed by atoms with Crippen molar-refractivity contribution >= 4 is 23.5 Å². The van der Waals surface area contributed by atoms with E-state index >= 15 is 0 Å². The number of terminal acetylenes is 1. The number of benzene rings is 2. The number of carbonyl (C=O) groups is 3. The second kappa shape index (κ2) is 24.8. The number of carbonyl (C=O) groups excluding carboxylic acids is 3. The van der Waals surface area contributed by atoms with Crippen molar-refractivity contribution in [2.24, 2.45) is 0 Å². The summed E-state index contributed by atoms with van der Waals surface area (Å²) in [7, 11) is 1.51. The number of hydrogen-bond donors (Lipinski definition) is 5. The zero-order valence-electron chi connectivity index (χ0n) is 33.1. The maximum atomic E-state index is 13.3. The van der Waals surface area contributed by atoms with Crippen LogP contribution < -0.4 is 15.4 Å². The van der Waals surface area contributed by atoms with Gasteiger partial charge in [0.2, 0.25) is 5.91 Å². The first-order chi connectivity index (χ1) is 27.5. The van der Waals surface area contributed by atoms with Gasteiger partial charge in [0, 0.05) is 56.2 Å². The third kappa shape index (κ3) is 14.3. The van der Waals surface area contributed by atoms with Crippen molar-refractivity contribution in [1.82, 2.24) is 5.32 Å². The van der Waals surface area contributed by atoms with Crippen LogP contribution in [0.4, 0.5) is 5.69 Å². The van der Waals surface area contributed by atoms with E-state index in [-0.39, 0.29) is 55.6 Å². The SMILES string of the molecule is C#CCC/C(O)=C(\C#N)C(=O)Nc1ccc(OCCCCCC(=O)NCc2ccc3c(c2)C(=O)OC3(C/C=C\C(O)=C/C)/C(=C/C=C(/O)C=C)COC)cc1.CC. The molecular formula is C45H53N3O9. The quantitative estimate of drug-likeness (QED) is 0.0156. The average molecular weight is 780 g/mol. The highest BCUT2D eigenvalue weighted by molar-refractivity contribution is 6.06. The van der Waals surface area contributed by atoms with E-state index in [2.05, 4.69) is 23.1 Å². The van der Waals surface area contributed by atoms with Crippen molar-refractivity contribution in [3.05, 3.63) is 131 Å². The number of nitrogens with one attached hydrogen (secondary N) is 2. The number of aliphatic hydroxyl groups excluding tert-OH is 3. The van der Waals surface area contributed by atoms with Crippen molar-refractivity contribution in [2.75, 3.05) is 25.6 Å². The van der Waals surface area contributed by atoms with E-state index in [0.717, 1.165) is 6.42 Å². The van der Waals surface area contributed by atoms with Crippen LogP contribution in [0, 0.1) is 23.7 Å². The Labute approximate surface area is 335 Å². The number of fused-ring (bicyclic) bond motifs is 1. The standard InChI is InChI=1S/C43H47N3O9.C2H6/c1-5-8-14-39(49)37(27-44)41(51)46-32-18-21-35(22-19-32)54-25-11-9-10-15-40(50)45-28-30-16-23-38-36(26-30)42(52)55-43(38,24-12-13-33(47)6-2)31(29-53-4)17-20-34(48)7-3;1-2/h1,6-7,12-13,16-23,26,47-49H,3,8-11,14-15,24-25,28-29H2,2,4H3,(H,45,50)(H,46,51);1-2H3/b13-12-,31-17+,33-6+,34-20+,39-37-;. The van der Waals surface area contributed by atoms with Crippen LogP contribution in [0.1, 0.15) is 87.2 Å². The number of rotatable bonds is 21. The van der Waals surface area contributed by atoms with Gasteiger partial charge in [-0.15, -0.1) is 12.3 Å². The lowest BCUT2D eigenvalue weighted by Gasteiger charge is -2.30. The zero-order chi connectivity index (χ0) is 42.2. The van der Waals surface area contributed by atoms with Gasteiger partial charge < -0.3 is 40.2 Å². The van der Waals surface area contributed by atoms with Crippen LogP contribution in [0.25, 0.3) is 0 Å². The molecule has 5 N–H and O–H groups in total. The van der Waals surface area contributed by atoms with Crippen LogP contribution in [0.2, 0.25) is 0 Å². The molecule has 1 unspecified atom stereocenters. The minimum atomic E-state index is -1.27. The number of cyclic esters (lactones) is 1. The van der Waals surface area contributed by atoms with Crippen LogP contribution in [-0.2, 0) is 31.2 Å². The largest absolute Gasteiger partial charge is 0.511 e. The Morgan fingerprint density at radius 1 is 1.04 bits per heavy atom. The molecule has 0 aromatic heterocycles. The van der Waals surface area contributed by atoms with Crippen molar-refractivity contribution in [3.8, 4) is 24.2 Å². The molecule has 0 saturated heterocycles. The number of nitriles is 1.